The highest BCUT2D eigenvalue weighted by Gasteiger charge is 2.14. The van der Waals surface area contributed by atoms with Crippen molar-refractivity contribution in [1.82, 2.24) is 25.0 Å². The van der Waals surface area contributed by atoms with Gasteiger partial charge in [-0.15, -0.1) is 0 Å². The van der Waals surface area contributed by atoms with E-state index in [1.807, 2.05) is 36.4 Å². The van der Waals surface area contributed by atoms with E-state index in [-0.39, 0.29) is 18.0 Å². The van der Waals surface area contributed by atoms with E-state index in [9.17, 15) is 9.59 Å². The van der Waals surface area contributed by atoms with Gasteiger partial charge in [0, 0.05) is 49.9 Å². The van der Waals surface area contributed by atoms with E-state index in [2.05, 4.69) is 58.4 Å². The summed E-state index contributed by atoms with van der Waals surface area (Å²) in [6, 6.07) is 22.1. The van der Waals surface area contributed by atoms with Gasteiger partial charge in [-0.3, -0.25) is 19.5 Å². The molecule has 1 amide bonds. The Kier molecular flexibility index (Phi) is 8.57. The van der Waals surface area contributed by atoms with Crippen molar-refractivity contribution < 1.29 is 4.79 Å². The summed E-state index contributed by atoms with van der Waals surface area (Å²) in [6.07, 6.45) is 4.85. The SMILES string of the molecule is CC(C)N(CCCNC(=O)Cn1nc(Cc2ccncc2)c2ccccc2c1=O)Cc1ccccc1. The molecule has 0 aliphatic carbocycles. The predicted molar refractivity (Wildman–Crippen MR) is 143 cm³/mol. The molecular formula is C29H33N5O2. The summed E-state index contributed by atoms with van der Waals surface area (Å²) in [6.45, 7) is 6.56. The zero-order chi connectivity index (χ0) is 25.3. The lowest BCUT2D eigenvalue weighted by atomic mass is 10.1. The van der Waals surface area contributed by atoms with Crippen LogP contribution in [0.4, 0.5) is 0 Å². The Morgan fingerprint density at radius 1 is 0.944 bits per heavy atom. The zero-order valence-corrected chi connectivity index (χ0v) is 20.9. The summed E-state index contributed by atoms with van der Waals surface area (Å²) >= 11 is 0. The van der Waals surface area contributed by atoms with Gasteiger partial charge in [0.15, 0.2) is 0 Å². The summed E-state index contributed by atoms with van der Waals surface area (Å²) < 4.78 is 1.28. The number of nitrogens with zero attached hydrogens (tertiary/aromatic N) is 4. The van der Waals surface area contributed by atoms with Gasteiger partial charge in [0.1, 0.15) is 6.54 Å². The molecule has 0 saturated heterocycles. The van der Waals surface area contributed by atoms with Crippen molar-refractivity contribution >= 4 is 16.7 Å². The van der Waals surface area contributed by atoms with E-state index in [1.165, 1.54) is 10.2 Å². The molecule has 1 N–H and O–H groups in total. The van der Waals surface area contributed by atoms with Crippen LogP contribution in [-0.2, 0) is 24.3 Å². The van der Waals surface area contributed by atoms with Crippen LogP contribution in [0.25, 0.3) is 10.8 Å². The number of hydrogen-bond donors (Lipinski definition) is 1. The van der Waals surface area contributed by atoms with E-state index < -0.39 is 0 Å². The minimum Gasteiger partial charge on any atom is -0.354 e. The maximum atomic E-state index is 13.0. The van der Waals surface area contributed by atoms with Crippen molar-refractivity contribution in [3.63, 3.8) is 0 Å². The third kappa shape index (κ3) is 6.64. The molecule has 0 radical (unpaired) electrons. The monoisotopic (exact) mass is 483 g/mol. The summed E-state index contributed by atoms with van der Waals surface area (Å²) in [7, 11) is 0. The minimum absolute atomic E-state index is 0.106. The maximum absolute atomic E-state index is 13.0. The first-order chi connectivity index (χ1) is 17.5. The molecule has 4 aromatic rings. The van der Waals surface area contributed by atoms with Crippen LogP contribution in [0, 0.1) is 0 Å². The molecule has 4 rings (SSSR count). The fraction of sp³-hybridized carbons (Fsp3) is 0.310. The minimum atomic E-state index is -0.256. The number of pyridine rings is 1. The van der Waals surface area contributed by atoms with Crippen molar-refractivity contribution in [2.24, 2.45) is 0 Å². The Morgan fingerprint density at radius 3 is 2.36 bits per heavy atom. The highest BCUT2D eigenvalue weighted by Crippen LogP contribution is 2.16. The molecule has 0 spiro atoms. The van der Waals surface area contributed by atoms with E-state index in [4.69, 9.17) is 0 Å². The molecule has 0 fully saturated rings. The van der Waals surface area contributed by atoms with Crippen LogP contribution in [0.5, 0.6) is 0 Å². The Morgan fingerprint density at radius 2 is 1.64 bits per heavy atom. The van der Waals surface area contributed by atoms with E-state index in [0.717, 1.165) is 36.2 Å². The third-order valence-electron chi connectivity index (χ3n) is 6.26. The number of carbonyl (C=O) groups is 1. The van der Waals surface area contributed by atoms with Gasteiger partial charge in [-0.25, -0.2) is 4.68 Å². The highest BCUT2D eigenvalue weighted by molar-refractivity contribution is 5.84. The summed E-state index contributed by atoms with van der Waals surface area (Å²) in [4.78, 5) is 32.2. The molecule has 0 unspecified atom stereocenters. The average Bonchev–Trinajstić information content (AvgIpc) is 2.89. The first-order valence-electron chi connectivity index (χ1n) is 12.4. The summed E-state index contributed by atoms with van der Waals surface area (Å²) in [5.41, 5.74) is 2.83. The van der Waals surface area contributed by atoms with Crippen LogP contribution in [-0.4, -0.2) is 44.7 Å². The Bertz CT molecular complexity index is 1340. The first-order valence-corrected chi connectivity index (χ1v) is 12.4. The van der Waals surface area contributed by atoms with Gasteiger partial charge < -0.3 is 5.32 Å². The van der Waals surface area contributed by atoms with Crippen LogP contribution in [0.2, 0.25) is 0 Å². The second-order valence-corrected chi connectivity index (χ2v) is 9.24. The number of aromatic nitrogens is 3. The molecule has 0 aliphatic heterocycles. The van der Waals surface area contributed by atoms with Crippen molar-refractivity contribution in [2.45, 2.75) is 45.8 Å². The number of carbonyl (C=O) groups excluding carboxylic acids is 1. The van der Waals surface area contributed by atoms with Crippen molar-refractivity contribution in [1.29, 1.82) is 0 Å². The van der Waals surface area contributed by atoms with Crippen LogP contribution >= 0.6 is 0 Å². The van der Waals surface area contributed by atoms with Crippen LogP contribution in [0.15, 0.2) is 83.9 Å². The third-order valence-corrected chi connectivity index (χ3v) is 6.26. The van der Waals surface area contributed by atoms with Crippen LogP contribution < -0.4 is 10.9 Å². The molecule has 0 aliphatic rings. The number of rotatable bonds is 11. The van der Waals surface area contributed by atoms with Crippen molar-refractivity contribution in [3.05, 3.63) is 106 Å². The van der Waals surface area contributed by atoms with Gasteiger partial charge in [-0.2, -0.15) is 5.10 Å². The number of benzene rings is 2. The smallest absolute Gasteiger partial charge is 0.275 e. The Labute approximate surface area is 211 Å². The zero-order valence-electron chi connectivity index (χ0n) is 20.9. The molecular weight excluding hydrogens is 450 g/mol. The van der Waals surface area contributed by atoms with E-state index >= 15 is 0 Å². The summed E-state index contributed by atoms with van der Waals surface area (Å²) in [5, 5.41) is 8.91. The number of hydrogen-bond acceptors (Lipinski definition) is 5. The standard InChI is InChI=1S/C29H33N5O2/c1-22(2)33(20-24-9-4-3-5-10-24)18-8-15-31-28(35)21-34-29(36)26-12-7-6-11-25(26)27(32-34)19-23-13-16-30-17-14-23/h3-7,9-14,16-17,22H,8,15,18-21H2,1-2H3,(H,31,35). The number of nitrogens with one attached hydrogen (secondary N) is 1. The van der Waals surface area contributed by atoms with Gasteiger partial charge in [0.2, 0.25) is 5.91 Å². The topological polar surface area (TPSA) is 80.1 Å². The molecule has 36 heavy (non-hydrogen) atoms. The molecule has 2 heterocycles. The second kappa shape index (κ2) is 12.2. The molecule has 2 aromatic carbocycles. The Balaban J connectivity index is 1.38. The maximum Gasteiger partial charge on any atom is 0.275 e. The molecule has 0 bridgehead atoms. The Hall–Kier alpha value is -3.84. The molecule has 2 aromatic heterocycles. The van der Waals surface area contributed by atoms with Crippen LogP contribution in [0.1, 0.15) is 37.1 Å². The fourth-order valence-electron chi connectivity index (χ4n) is 4.28. The quantitative estimate of drug-likeness (QED) is 0.328. The fourth-order valence-corrected chi connectivity index (χ4v) is 4.28. The molecule has 186 valence electrons. The largest absolute Gasteiger partial charge is 0.354 e. The van der Waals surface area contributed by atoms with Crippen molar-refractivity contribution in [3.8, 4) is 0 Å². The second-order valence-electron chi connectivity index (χ2n) is 9.24. The lowest BCUT2D eigenvalue weighted by Gasteiger charge is -2.26. The molecule has 7 heteroatoms. The van der Waals surface area contributed by atoms with E-state index in [1.54, 1.807) is 18.5 Å². The lowest BCUT2D eigenvalue weighted by molar-refractivity contribution is -0.121. The highest BCUT2D eigenvalue weighted by atomic mass is 16.2. The van der Waals surface area contributed by atoms with Gasteiger partial charge in [-0.1, -0.05) is 48.5 Å². The summed E-state index contributed by atoms with van der Waals surface area (Å²) in [5.74, 6) is -0.214. The van der Waals surface area contributed by atoms with Gasteiger partial charge >= 0.3 is 0 Å². The normalized spacial score (nSPS) is 11.3. The molecule has 0 atom stereocenters. The molecule has 7 nitrogen and oxygen atoms in total. The average molecular weight is 484 g/mol. The molecule has 0 saturated carbocycles. The van der Waals surface area contributed by atoms with E-state index in [0.29, 0.717) is 24.4 Å². The number of fused-ring (bicyclic) bond motifs is 1. The predicted octanol–water partition coefficient (Wildman–Crippen LogP) is 3.80. The lowest BCUT2D eigenvalue weighted by Crippen LogP contribution is -2.37. The van der Waals surface area contributed by atoms with Crippen molar-refractivity contribution in [2.75, 3.05) is 13.1 Å². The number of amides is 1. The van der Waals surface area contributed by atoms with Crippen LogP contribution in [0.3, 0.4) is 0 Å². The first kappa shape index (κ1) is 25.3. The van der Waals surface area contributed by atoms with Gasteiger partial charge in [0.05, 0.1) is 11.1 Å². The van der Waals surface area contributed by atoms with Gasteiger partial charge in [-0.05, 0) is 49.6 Å². The van der Waals surface area contributed by atoms with Gasteiger partial charge in [0.25, 0.3) is 5.56 Å².